The van der Waals surface area contributed by atoms with Crippen molar-refractivity contribution in [2.75, 3.05) is 31.1 Å². The van der Waals surface area contributed by atoms with Crippen molar-refractivity contribution >= 4 is 17.3 Å². The molecule has 0 amide bonds. The Labute approximate surface area is 134 Å². The molecule has 3 rings (SSSR count). The van der Waals surface area contributed by atoms with Crippen molar-refractivity contribution in [2.24, 2.45) is 0 Å². The first-order valence-corrected chi connectivity index (χ1v) is 8.07. The summed E-state index contributed by atoms with van der Waals surface area (Å²) in [6.07, 6.45) is 4.66. The van der Waals surface area contributed by atoms with Crippen molar-refractivity contribution in [3.63, 3.8) is 0 Å². The number of aromatic carboxylic acids is 1. The van der Waals surface area contributed by atoms with Crippen molar-refractivity contribution in [2.45, 2.75) is 31.7 Å². The smallest absolute Gasteiger partial charge is 0.342 e. The number of anilines is 1. The summed E-state index contributed by atoms with van der Waals surface area (Å²) in [5.41, 5.74) is 0.166. The maximum atomic E-state index is 11.2. The Hall–Kier alpha value is -2.15. The van der Waals surface area contributed by atoms with Crippen molar-refractivity contribution in [1.29, 1.82) is 0 Å². The zero-order valence-corrected chi connectivity index (χ0v) is 13.0. The number of nitrogens with zero attached hydrogens (tertiary/aromatic N) is 3. The van der Waals surface area contributed by atoms with Crippen LogP contribution in [0.1, 0.15) is 36.0 Å². The molecule has 0 atom stereocenters. The van der Waals surface area contributed by atoms with E-state index in [0.29, 0.717) is 6.04 Å². The van der Waals surface area contributed by atoms with Gasteiger partial charge in [0.2, 0.25) is 0 Å². The molecule has 1 saturated carbocycles. The van der Waals surface area contributed by atoms with E-state index < -0.39 is 10.9 Å². The molecule has 1 aliphatic heterocycles. The molecule has 2 fully saturated rings. The minimum atomic E-state index is -1.27. The van der Waals surface area contributed by atoms with Crippen LogP contribution >= 0.6 is 0 Å². The number of nitro benzene ring substituents is 1. The zero-order valence-electron chi connectivity index (χ0n) is 13.0. The van der Waals surface area contributed by atoms with Gasteiger partial charge in [-0.05, 0) is 50.9 Å². The van der Waals surface area contributed by atoms with E-state index in [1.54, 1.807) is 6.07 Å². The van der Waals surface area contributed by atoms with E-state index in [0.717, 1.165) is 44.7 Å². The molecule has 1 heterocycles. The normalized spacial score (nSPS) is 18.1. The molecule has 1 saturated heterocycles. The summed E-state index contributed by atoms with van der Waals surface area (Å²) in [5.74, 6) is -1.27. The quantitative estimate of drug-likeness (QED) is 0.613. The molecule has 1 aromatic carbocycles. The second-order valence-corrected chi connectivity index (χ2v) is 6.24. The lowest BCUT2D eigenvalue weighted by molar-refractivity contribution is -0.385. The third-order valence-electron chi connectivity index (χ3n) is 4.58. The number of hydrogen-bond donors (Lipinski definition) is 1. The largest absolute Gasteiger partial charge is 0.477 e. The number of likely N-dealkylation sites (tertiary alicyclic amines) is 1. The molecule has 7 nitrogen and oxygen atoms in total. The highest BCUT2D eigenvalue weighted by Gasteiger charge is 2.31. The van der Waals surface area contributed by atoms with E-state index in [4.69, 9.17) is 5.11 Å². The fourth-order valence-electron chi connectivity index (χ4n) is 3.19. The van der Waals surface area contributed by atoms with Crippen LogP contribution in [-0.2, 0) is 0 Å². The topological polar surface area (TPSA) is 86.9 Å². The van der Waals surface area contributed by atoms with Crippen LogP contribution in [0, 0.1) is 10.1 Å². The van der Waals surface area contributed by atoms with Crippen LogP contribution in [0.25, 0.3) is 0 Å². The highest BCUT2D eigenvalue weighted by molar-refractivity contribution is 5.93. The van der Waals surface area contributed by atoms with Gasteiger partial charge in [-0.15, -0.1) is 0 Å². The van der Waals surface area contributed by atoms with Crippen molar-refractivity contribution in [3.05, 3.63) is 33.9 Å². The Morgan fingerprint density at radius 1 is 1.35 bits per heavy atom. The van der Waals surface area contributed by atoms with Crippen molar-refractivity contribution < 1.29 is 14.8 Å². The summed E-state index contributed by atoms with van der Waals surface area (Å²) in [6, 6.07) is 4.87. The summed E-state index contributed by atoms with van der Waals surface area (Å²) < 4.78 is 0. The third-order valence-corrected chi connectivity index (χ3v) is 4.58. The molecule has 2 aliphatic rings. The summed E-state index contributed by atoms with van der Waals surface area (Å²) in [5, 5.41) is 20.3. The molecule has 1 N–H and O–H groups in total. The first-order valence-electron chi connectivity index (χ1n) is 8.07. The predicted octanol–water partition coefficient (Wildman–Crippen LogP) is 2.36. The minimum Gasteiger partial charge on any atom is -0.477 e. The van der Waals surface area contributed by atoms with Gasteiger partial charge in [0.15, 0.2) is 0 Å². The number of nitro groups is 1. The van der Waals surface area contributed by atoms with Crippen LogP contribution in [0.2, 0.25) is 0 Å². The van der Waals surface area contributed by atoms with Crippen LogP contribution < -0.4 is 4.90 Å². The first-order chi connectivity index (χ1) is 11.1. The Morgan fingerprint density at radius 2 is 2.04 bits per heavy atom. The minimum absolute atomic E-state index is 0.256. The molecule has 124 valence electrons. The number of hydrogen-bond acceptors (Lipinski definition) is 5. The number of benzene rings is 1. The van der Waals surface area contributed by atoms with Gasteiger partial charge in [0, 0.05) is 30.9 Å². The Kier molecular flexibility index (Phi) is 4.47. The first kappa shape index (κ1) is 15.7. The average molecular weight is 319 g/mol. The zero-order chi connectivity index (χ0) is 16.4. The van der Waals surface area contributed by atoms with E-state index in [1.807, 2.05) is 0 Å². The van der Waals surface area contributed by atoms with E-state index in [9.17, 15) is 14.9 Å². The standard InChI is InChI=1S/C16H21N3O4/c20-16(21)14-6-5-13(11-15(14)19(22)23)18(12-3-4-12)10-9-17-7-1-2-8-17/h5-6,11-12H,1-4,7-10H2,(H,20,21). The lowest BCUT2D eigenvalue weighted by atomic mass is 10.1. The van der Waals surface area contributed by atoms with Gasteiger partial charge in [-0.2, -0.15) is 0 Å². The number of carboxylic acid groups (broad SMARTS) is 1. The highest BCUT2D eigenvalue weighted by atomic mass is 16.6. The van der Waals surface area contributed by atoms with Crippen LogP contribution in [-0.4, -0.2) is 53.1 Å². The lowest BCUT2D eigenvalue weighted by Crippen LogP contribution is -2.35. The van der Waals surface area contributed by atoms with Gasteiger partial charge >= 0.3 is 5.97 Å². The highest BCUT2D eigenvalue weighted by Crippen LogP contribution is 2.34. The monoisotopic (exact) mass is 319 g/mol. The predicted molar refractivity (Wildman–Crippen MR) is 86.1 cm³/mol. The Bertz CT molecular complexity index is 609. The SMILES string of the molecule is O=C(O)c1ccc(N(CCN2CCCC2)C2CC2)cc1[N+](=O)[O-]. The molecule has 0 aromatic heterocycles. The molecule has 1 aliphatic carbocycles. The van der Waals surface area contributed by atoms with E-state index in [2.05, 4.69) is 9.80 Å². The van der Waals surface area contributed by atoms with Gasteiger partial charge in [0.05, 0.1) is 4.92 Å². The molecule has 0 radical (unpaired) electrons. The molecular formula is C16H21N3O4. The fraction of sp³-hybridized carbons (Fsp3) is 0.562. The van der Waals surface area contributed by atoms with Gasteiger partial charge < -0.3 is 14.9 Å². The second kappa shape index (κ2) is 6.54. The summed E-state index contributed by atoms with van der Waals surface area (Å²) in [6.45, 7) is 4.02. The maximum Gasteiger partial charge on any atom is 0.342 e. The van der Waals surface area contributed by atoms with Gasteiger partial charge in [0.1, 0.15) is 5.56 Å². The maximum absolute atomic E-state index is 11.2. The summed E-state index contributed by atoms with van der Waals surface area (Å²) in [7, 11) is 0. The molecule has 7 heteroatoms. The van der Waals surface area contributed by atoms with Gasteiger partial charge in [-0.25, -0.2) is 4.79 Å². The molecular weight excluding hydrogens is 298 g/mol. The molecule has 23 heavy (non-hydrogen) atoms. The van der Waals surface area contributed by atoms with Gasteiger partial charge in [-0.1, -0.05) is 0 Å². The third kappa shape index (κ3) is 3.61. The van der Waals surface area contributed by atoms with Crippen LogP contribution in [0.5, 0.6) is 0 Å². The second-order valence-electron chi connectivity index (χ2n) is 6.24. The molecule has 1 aromatic rings. The van der Waals surface area contributed by atoms with Crippen LogP contribution in [0.4, 0.5) is 11.4 Å². The van der Waals surface area contributed by atoms with Crippen LogP contribution in [0.3, 0.4) is 0 Å². The molecule has 0 bridgehead atoms. The van der Waals surface area contributed by atoms with E-state index in [-0.39, 0.29) is 11.3 Å². The Balaban J connectivity index is 1.80. The summed E-state index contributed by atoms with van der Waals surface area (Å²) in [4.78, 5) is 26.3. The van der Waals surface area contributed by atoms with Gasteiger partial charge in [-0.3, -0.25) is 10.1 Å². The number of carboxylic acids is 1. The van der Waals surface area contributed by atoms with E-state index in [1.165, 1.54) is 25.0 Å². The number of rotatable bonds is 7. The average Bonchev–Trinajstić information content (AvgIpc) is 3.22. The molecule has 0 spiro atoms. The summed E-state index contributed by atoms with van der Waals surface area (Å²) >= 11 is 0. The van der Waals surface area contributed by atoms with E-state index >= 15 is 0 Å². The van der Waals surface area contributed by atoms with Gasteiger partial charge in [0.25, 0.3) is 5.69 Å². The van der Waals surface area contributed by atoms with Crippen molar-refractivity contribution in [3.8, 4) is 0 Å². The number of carbonyl (C=O) groups is 1. The lowest BCUT2D eigenvalue weighted by Gasteiger charge is -2.27. The fourth-order valence-corrected chi connectivity index (χ4v) is 3.19. The Morgan fingerprint density at radius 3 is 2.61 bits per heavy atom. The van der Waals surface area contributed by atoms with Crippen molar-refractivity contribution in [1.82, 2.24) is 4.90 Å². The van der Waals surface area contributed by atoms with Crippen LogP contribution in [0.15, 0.2) is 18.2 Å². The molecule has 0 unspecified atom stereocenters.